The van der Waals surface area contributed by atoms with Crippen LogP contribution in [0, 0.1) is 0 Å². The standard InChI is InChI=1S/C8H10O3/c1-11-8-4-7(10)3-2-6(8)5-9/h2,4-5,7,10H,3H2,1H3. The van der Waals surface area contributed by atoms with Crippen molar-refractivity contribution in [3.05, 3.63) is 23.5 Å². The Morgan fingerprint density at radius 2 is 2.55 bits per heavy atom. The maximum Gasteiger partial charge on any atom is 0.153 e. The number of allylic oxidation sites excluding steroid dienone is 1. The highest BCUT2D eigenvalue weighted by Crippen LogP contribution is 2.17. The Hall–Kier alpha value is -1.09. The summed E-state index contributed by atoms with van der Waals surface area (Å²) in [7, 11) is 1.47. The van der Waals surface area contributed by atoms with Crippen molar-refractivity contribution in [2.75, 3.05) is 7.11 Å². The smallest absolute Gasteiger partial charge is 0.153 e. The zero-order chi connectivity index (χ0) is 8.27. The molecule has 1 rings (SSSR count). The van der Waals surface area contributed by atoms with E-state index in [9.17, 15) is 4.79 Å². The first kappa shape index (κ1) is 8.01. The van der Waals surface area contributed by atoms with Crippen molar-refractivity contribution in [2.45, 2.75) is 12.5 Å². The highest BCUT2D eigenvalue weighted by Gasteiger charge is 2.12. The van der Waals surface area contributed by atoms with Crippen LogP contribution in [0.25, 0.3) is 0 Å². The van der Waals surface area contributed by atoms with Gasteiger partial charge in [0.1, 0.15) is 5.76 Å². The number of aliphatic hydroxyl groups is 1. The lowest BCUT2D eigenvalue weighted by Gasteiger charge is -2.13. The summed E-state index contributed by atoms with van der Waals surface area (Å²) in [5.74, 6) is 0.457. The molecule has 60 valence electrons. The molecule has 1 aliphatic rings. The van der Waals surface area contributed by atoms with Gasteiger partial charge in [-0.15, -0.1) is 0 Å². The summed E-state index contributed by atoms with van der Waals surface area (Å²) in [6.07, 6.45) is 3.89. The molecule has 1 unspecified atom stereocenters. The summed E-state index contributed by atoms with van der Waals surface area (Å²) in [6.45, 7) is 0. The fraction of sp³-hybridized carbons (Fsp3) is 0.375. The number of aldehydes is 1. The molecule has 0 fully saturated rings. The average Bonchev–Trinajstić information content (AvgIpc) is 2.04. The van der Waals surface area contributed by atoms with Gasteiger partial charge in [-0.3, -0.25) is 4.79 Å². The average molecular weight is 154 g/mol. The number of hydrogen-bond donors (Lipinski definition) is 1. The number of ether oxygens (including phenoxy) is 1. The quantitative estimate of drug-likeness (QED) is 0.586. The first-order chi connectivity index (χ1) is 5.27. The number of carbonyl (C=O) groups is 1. The molecule has 0 bridgehead atoms. The highest BCUT2D eigenvalue weighted by atomic mass is 16.5. The Bertz CT molecular complexity index is 215. The van der Waals surface area contributed by atoms with Gasteiger partial charge in [0.2, 0.25) is 0 Å². The molecule has 1 N–H and O–H groups in total. The molecule has 0 aliphatic heterocycles. The predicted molar refractivity (Wildman–Crippen MR) is 39.9 cm³/mol. The van der Waals surface area contributed by atoms with Crippen LogP contribution >= 0.6 is 0 Å². The summed E-state index contributed by atoms with van der Waals surface area (Å²) in [6, 6.07) is 0. The minimum absolute atomic E-state index is 0.457. The molecule has 0 amide bonds. The Kier molecular flexibility index (Phi) is 2.44. The first-order valence-corrected chi connectivity index (χ1v) is 3.37. The van der Waals surface area contributed by atoms with Crippen LogP contribution in [-0.4, -0.2) is 24.6 Å². The second-order valence-electron chi connectivity index (χ2n) is 2.32. The molecule has 0 spiro atoms. The van der Waals surface area contributed by atoms with Crippen LogP contribution in [-0.2, 0) is 9.53 Å². The largest absolute Gasteiger partial charge is 0.496 e. The summed E-state index contributed by atoms with van der Waals surface area (Å²) in [5, 5.41) is 9.11. The maximum atomic E-state index is 10.4. The third-order valence-electron chi connectivity index (χ3n) is 1.55. The van der Waals surface area contributed by atoms with E-state index in [1.807, 2.05) is 0 Å². The van der Waals surface area contributed by atoms with Gasteiger partial charge in [0, 0.05) is 0 Å². The summed E-state index contributed by atoms with van der Waals surface area (Å²) < 4.78 is 4.87. The minimum atomic E-state index is -0.520. The van der Waals surface area contributed by atoms with Gasteiger partial charge in [0.15, 0.2) is 6.29 Å². The molecular formula is C8H10O3. The van der Waals surface area contributed by atoms with E-state index in [0.29, 0.717) is 17.8 Å². The third-order valence-corrected chi connectivity index (χ3v) is 1.55. The van der Waals surface area contributed by atoms with Crippen molar-refractivity contribution in [3.63, 3.8) is 0 Å². The van der Waals surface area contributed by atoms with Gasteiger partial charge in [-0.1, -0.05) is 6.08 Å². The zero-order valence-corrected chi connectivity index (χ0v) is 6.28. The SMILES string of the molecule is COC1=CC(O)CC=C1C=O. The summed E-state index contributed by atoms with van der Waals surface area (Å²) in [5.41, 5.74) is 0.512. The van der Waals surface area contributed by atoms with E-state index in [2.05, 4.69) is 0 Å². The van der Waals surface area contributed by atoms with Crippen LogP contribution < -0.4 is 0 Å². The lowest BCUT2D eigenvalue weighted by molar-refractivity contribution is -0.105. The van der Waals surface area contributed by atoms with Gasteiger partial charge in [0.05, 0.1) is 18.8 Å². The normalized spacial score (nSPS) is 23.6. The molecule has 1 atom stereocenters. The monoisotopic (exact) mass is 154 g/mol. The van der Waals surface area contributed by atoms with Gasteiger partial charge in [-0.2, -0.15) is 0 Å². The highest BCUT2D eigenvalue weighted by molar-refractivity contribution is 5.79. The first-order valence-electron chi connectivity index (χ1n) is 3.37. The molecule has 3 nitrogen and oxygen atoms in total. The number of aliphatic hydroxyl groups excluding tert-OH is 1. The molecule has 1 aliphatic carbocycles. The Labute approximate surface area is 65.0 Å². The molecule has 0 saturated carbocycles. The van der Waals surface area contributed by atoms with Crippen LogP contribution in [0.15, 0.2) is 23.5 Å². The van der Waals surface area contributed by atoms with Gasteiger partial charge in [-0.25, -0.2) is 0 Å². The van der Waals surface area contributed by atoms with E-state index in [4.69, 9.17) is 9.84 Å². The Balaban J connectivity index is 2.82. The van der Waals surface area contributed by atoms with Crippen LogP contribution in [0.5, 0.6) is 0 Å². The second-order valence-corrected chi connectivity index (χ2v) is 2.32. The Morgan fingerprint density at radius 3 is 3.09 bits per heavy atom. The van der Waals surface area contributed by atoms with Crippen molar-refractivity contribution >= 4 is 6.29 Å². The zero-order valence-electron chi connectivity index (χ0n) is 6.28. The molecule has 11 heavy (non-hydrogen) atoms. The van der Waals surface area contributed by atoms with E-state index in [1.54, 1.807) is 6.08 Å². The topological polar surface area (TPSA) is 46.5 Å². The molecule has 3 heteroatoms. The van der Waals surface area contributed by atoms with Crippen molar-refractivity contribution in [1.82, 2.24) is 0 Å². The molecule has 0 saturated heterocycles. The van der Waals surface area contributed by atoms with Gasteiger partial charge < -0.3 is 9.84 Å². The minimum Gasteiger partial charge on any atom is -0.496 e. The molecule has 0 aromatic carbocycles. The molecule has 0 heterocycles. The van der Waals surface area contributed by atoms with E-state index >= 15 is 0 Å². The van der Waals surface area contributed by atoms with Crippen molar-refractivity contribution in [2.24, 2.45) is 0 Å². The number of hydrogen-bond acceptors (Lipinski definition) is 3. The molecule has 0 radical (unpaired) electrons. The van der Waals surface area contributed by atoms with E-state index in [0.717, 1.165) is 6.29 Å². The summed E-state index contributed by atoms with van der Waals surface area (Å²) >= 11 is 0. The van der Waals surface area contributed by atoms with E-state index < -0.39 is 6.10 Å². The Morgan fingerprint density at radius 1 is 1.82 bits per heavy atom. The fourth-order valence-corrected chi connectivity index (χ4v) is 0.979. The van der Waals surface area contributed by atoms with Gasteiger partial charge >= 0.3 is 0 Å². The van der Waals surface area contributed by atoms with Crippen LogP contribution in [0.3, 0.4) is 0 Å². The lowest BCUT2D eigenvalue weighted by atomic mass is 10.0. The van der Waals surface area contributed by atoms with E-state index in [-0.39, 0.29) is 0 Å². The van der Waals surface area contributed by atoms with E-state index in [1.165, 1.54) is 13.2 Å². The second kappa shape index (κ2) is 3.34. The van der Waals surface area contributed by atoms with Crippen LogP contribution in [0.4, 0.5) is 0 Å². The molecular weight excluding hydrogens is 144 g/mol. The fourth-order valence-electron chi connectivity index (χ4n) is 0.979. The van der Waals surface area contributed by atoms with Crippen LogP contribution in [0.1, 0.15) is 6.42 Å². The lowest BCUT2D eigenvalue weighted by Crippen LogP contribution is -2.10. The number of methoxy groups -OCH3 is 1. The van der Waals surface area contributed by atoms with Crippen molar-refractivity contribution in [3.8, 4) is 0 Å². The summed E-state index contributed by atoms with van der Waals surface area (Å²) in [4.78, 5) is 10.4. The molecule has 0 aromatic heterocycles. The number of rotatable bonds is 2. The van der Waals surface area contributed by atoms with Crippen molar-refractivity contribution in [1.29, 1.82) is 0 Å². The predicted octanol–water partition coefficient (Wildman–Crippen LogP) is 0.407. The number of carbonyl (C=O) groups excluding carboxylic acids is 1. The maximum absolute atomic E-state index is 10.4. The van der Waals surface area contributed by atoms with Gasteiger partial charge in [0.25, 0.3) is 0 Å². The van der Waals surface area contributed by atoms with Crippen LogP contribution in [0.2, 0.25) is 0 Å². The molecule has 0 aromatic rings. The third kappa shape index (κ3) is 1.68. The van der Waals surface area contributed by atoms with Crippen molar-refractivity contribution < 1.29 is 14.6 Å². The van der Waals surface area contributed by atoms with Gasteiger partial charge in [-0.05, 0) is 12.5 Å².